The van der Waals surface area contributed by atoms with E-state index in [1.165, 1.54) is 11.0 Å². The van der Waals surface area contributed by atoms with Crippen molar-refractivity contribution >= 4 is 23.2 Å². The molecule has 2 aromatic carbocycles. The lowest BCUT2D eigenvalue weighted by atomic mass is 10.0. The monoisotopic (exact) mass is 385 g/mol. The molecule has 0 aromatic heterocycles. The average molecular weight is 386 g/mol. The molecule has 1 aliphatic rings. The molecule has 4 nitrogen and oxygen atoms in total. The fourth-order valence-electron chi connectivity index (χ4n) is 3.58. The molecule has 6 heteroatoms. The fraction of sp³-hybridized carbons (Fsp3) is 0.333. The van der Waals surface area contributed by atoms with E-state index in [-0.39, 0.29) is 37.1 Å². The zero-order valence-electron chi connectivity index (χ0n) is 14.9. The molecular formula is C21H21ClFN3O. The highest BCUT2D eigenvalue weighted by atomic mass is 35.5. The highest BCUT2D eigenvalue weighted by Gasteiger charge is 2.30. The summed E-state index contributed by atoms with van der Waals surface area (Å²) in [5.41, 5.74) is 1.23. The molecule has 0 aliphatic carbocycles. The van der Waals surface area contributed by atoms with Crippen molar-refractivity contribution in [1.29, 1.82) is 5.26 Å². The Balaban J connectivity index is 1.80. The van der Waals surface area contributed by atoms with E-state index in [0.29, 0.717) is 5.02 Å². The summed E-state index contributed by atoms with van der Waals surface area (Å²) in [5, 5.41) is 9.60. The molecule has 1 saturated heterocycles. The maximum atomic E-state index is 14.2. The van der Waals surface area contributed by atoms with Gasteiger partial charge in [-0.2, -0.15) is 5.26 Å². The summed E-state index contributed by atoms with van der Waals surface area (Å²) < 4.78 is 14.2. The minimum Gasteiger partial charge on any atom is -0.308 e. The Kier molecular flexibility index (Phi) is 6.44. The number of hydrogen-bond acceptors (Lipinski definition) is 3. The van der Waals surface area contributed by atoms with Crippen LogP contribution >= 0.6 is 11.6 Å². The van der Waals surface area contributed by atoms with Crippen LogP contribution in [0.3, 0.4) is 0 Å². The molecule has 3 rings (SSSR count). The molecule has 1 heterocycles. The highest BCUT2D eigenvalue weighted by molar-refractivity contribution is 6.31. The van der Waals surface area contributed by atoms with Crippen LogP contribution in [0.2, 0.25) is 5.02 Å². The van der Waals surface area contributed by atoms with Gasteiger partial charge >= 0.3 is 0 Å². The average Bonchev–Trinajstić information content (AvgIpc) is 3.11. The lowest BCUT2D eigenvalue weighted by molar-refractivity contribution is -0.120. The normalized spacial score (nSPS) is 16.9. The number of nitriles is 1. The van der Waals surface area contributed by atoms with Gasteiger partial charge in [0, 0.05) is 17.6 Å². The van der Waals surface area contributed by atoms with Crippen LogP contribution in [0.25, 0.3) is 0 Å². The van der Waals surface area contributed by atoms with E-state index in [0.717, 1.165) is 24.9 Å². The second-order valence-corrected chi connectivity index (χ2v) is 6.96. The molecule has 0 bridgehead atoms. The summed E-state index contributed by atoms with van der Waals surface area (Å²) in [4.78, 5) is 16.5. The Bertz CT molecular complexity index is 851. The first-order valence-corrected chi connectivity index (χ1v) is 9.40. The van der Waals surface area contributed by atoms with Crippen molar-refractivity contribution in [2.24, 2.45) is 0 Å². The number of hydrogen-bond donors (Lipinski definition) is 0. The summed E-state index contributed by atoms with van der Waals surface area (Å²) >= 11 is 6.35. The Morgan fingerprint density at radius 3 is 2.74 bits per heavy atom. The standard InChI is InChI=1S/C21H21ClFN3O/c22-17-8-2-1-7-16(17)19-11-5-13-25(19)15-21(27)26(14-6-12-24)20-10-4-3-9-18(20)23/h1-4,7-10,19H,5-6,11,13-15H2. The number of amides is 1. The predicted octanol–water partition coefficient (Wildman–Crippen LogP) is 4.56. The van der Waals surface area contributed by atoms with E-state index in [9.17, 15) is 9.18 Å². The molecule has 1 fully saturated rings. The van der Waals surface area contributed by atoms with E-state index >= 15 is 0 Å². The molecule has 0 radical (unpaired) electrons. The number of carbonyl (C=O) groups excluding carboxylic acids is 1. The molecule has 0 N–H and O–H groups in total. The molecule has 1 aliphatic heterocycles. The van der Waals surface area contributed by atoms with Gasteiger partial charge in [0.25, 0.3) is 0 Å². The number of para-hydroxylation sites is 1. The fourth-order valence-corrected chi connectivity index (χ4v) is 3.85. The number of halogens is 2. The number of rotatable bonds is 6. The van der Waals surface area contributed by atoms with Crippen molar-refractivity contribution in [2.75, 3.05) is 24.5 Å². The van der Waals surface area contributed by atoms with Gasteiger partial charge in [0.15, 0.2) is 0 Å². The number of nitrogens with zero attached hydrogens (tertiary/aromatic N) is 3. The van der Waals surface area contributed by atoms with Crippen molar-refractivity contribution in [3.63, 3.8) is 0 Å². The molecule has 27 heavy (non-hydrogen) atoms. The van der Waals surface area contributed by atoms with Gasteiger partial charge in [-0.25, -0.2) is 4.39 Å². The molecular weight excluding hydrogens is 365 g/mol. The zero-order chi connectivity index (χ0) is 19.2. The first kappa shape index (κ1) is 19.3. The second-order valence-electron chi connectivity index (χ2n) is 6.55. The van der Waals surface area contributed by atoms with Crippen LogP contribution in [0.5, 0.6) is 0 Å². The molecule has 2 aromatic rings. The SMILES string of the molecule is N#CCCN(C(=O)CN1CCCC1c1ccccc1Cl)c1ccccc1F. The van der Waals surface area contributed by atoms with E-state index < -0.39 is 5.82 Å². The number of likely N-dealkylation sites (tertiary alicyclic amines) is 1. The van der Waals surface area contributed by atoms with Crippen molar-refractivity contribution < 1.29 is 9.18 Å². The van der Waals surface area contributed by atoms with Crippen LogP contribution in [0, 0.1) is 17.1 Å². The summed E-state index contributed by atoms with van der Waals surface area (Å²) in [6.45, 7) is 1.11. The third-order valence-corrected chi connectivity index (χ3v) is 5.20. The quantitative estimate of drug-likeness (QED) is 0.732. The third-order valence-electron chi connectivity index (χ3n) is 4.86. The van der Waals surface area contributed by atoms with Gasteiger partial charge in [0.2, 0.25) is 5.91 Å². The van der Waals surface area contributed by atoms with Crippen molar-refractivity contribution in [1.82, 2.24) is 4.90 Å². The first-order valence-electron chi connectivity index (χ1n) is 9.02. The Morgan fingerprint density at radius 2 is 2.00 bits per heavy atom. The van der Waals surface area contributed by atoms with Crippen LogP contribution < -0.4 is 4.90 Å². The van der Waals surface area contributed by atoms with E-state index in [1.54, 1.807) is 18.2 Å². The molecule has 1 amide bonds. The second kappa shape index (κ2) is 8.98. The summed E-state index contributed by atoms with van der Waals surface area (Å²) in [5.74, 6) is -0.679. The third kappa shape index (κ3) is 4.47. The highest BCUT2D eigenvalue weighted by Crippen LogP contribution is 2.35. The number of anilines is 1. The van der Waals surface area contributed by atoms with Crippen molar-refractivity contribution in [2.45, 2.75) is 25.3 Å². The zero-order valence-corrected chi connectivity index (χ0v) is 15.7. The van der Waals surface area contributed by atoms with Gasteiger partial charge in [0.05, 0.1) is 24.7 Å². The van der Waals surface area contributed by atoms with Crippen molar-refractivity contribution in [3.05, 3.63) is 64.9 Å². The molecule has 140 valence electrons. The maximum absolute atomic E-state index is 14.2. The summed E-state index contributed by atoms with van der Waals surface area (Å²) in [6, 6.07) is 15.9. The van der Waals surface area contributed by atoms with Crippen LogP contribution in [-0.4, -0.2) is 30.4 Å². The smallest absolute Gasteiger partial charge is 0.241 e. The van der Waals surface area contributed by atoms with Gasteiger partial charge in [-0.05, 0) is 43.1 Å². The van der Waals surface area contributed by atoms with Gasteiger partial charge in [-0.15, -0.1) is 0 Å². The maximum Gasteiger partial charge on any atom is 0.241 e. The van der Waals surface area contributed by atoms with E-state index in [4.69, 9.17) is 16.9 Å². The number of carbonyl (C=O) groups is 1. The lowest BCUT2D eigenvalue weighted by Crippen LogP contribution is -2.41. The Hall–Kier alpha value is -2.42. The van der Waals surface area contributed by atoms with Crippen LogP contribution in [0.1, 0.15) is 30.9 Å². The lowest BCUT2D eigenvalue weighted by Gasteiger charge is -2.29. The molecule has 0 saturated carbocycles. The Labute approximate surface area is 163 Å². The topological polar surface area (TPSA) is 47.3 Å². The predicted molar refractivity (Wildman–Crippen MR) is 104 cm³/mol. The molecule has 1 unspecified atom stereocenters. The van der Waals surface area contributed by atoms with Gasteiger partial charge in [-0.1, -0.05) is 41.9 Å². The summed E-state index contributed by atoms with van der Waals surface area (Å²) in [6.07, 6.45) is 2.05. The molecule has 0 spiro atoms. The minimum absolute atomic E-state index is 0.0705. The van der Waals surface area contributed by atoms with E-state index in [2.05, 4.69) is 4.90 Å². The summed E-state index contributed by atoms with van der Waals surface area (Å²) in [7, 11) is 0. The number of benzene rings is 2. The van der Waals surface area contributed by atoms with Crippen LogP contribution in [0.15, 0.2) is 48.5 Å². The minimum atomic E-state index is -0.465. The first-order chi connectivity index (χ1) is 13.1. The van der Waals surface area contributed by atoms with E-state index in [1.807, 2.05) is 30.3 Å². The van der Waals surface area contributed by atoms with Gasteiger partial charge in [-0.3, -0.25) is 9.69 Å². The van der Waals surface area contributed by atoms with Crippen LogP contribution in [0.4, 0.5) is 10.1 Å². The Morgan fingerprint density at radius 1 is 1.26 bits per heavy atom. The van der Waals surface area contributed by atoms with Gasteiger partial charge in [0.1, 0.15) is 5.82 Å². The van der Waals surface area contributed by atoms with Gasteiger partial charge < -0.3 is 4.90 Å². The molecule has 1 atom stereocenters. The van der Waals surface area contributed by atoms with Crippen molar-refractivity contribution in [3.8, 4) is 6.07 Å². The van der Waals surface area contributed by atoms with Crippen LogP contribution in [-0.2, 0) is 4.79 Å². The largest absolute Gasteiger partial charge is 0.308 e.